The maximum absolute atomic E-state index is 13.0. The molecular weight excluding hydrogens is 1260 g/mol. The predicted molar refractivity (Wildman–Crippen MR) is 390 cm³/mol. The lowest BCUT2D eigenvalue weighted by Crippen LogP contribution is -2.30. The molecule has 96 heavy (non-hydrogen) atoms. The van der Waals surface area contributed by atoms with E-state index < -0.39 is 97.5 Å². The number of rotatable bonds is 68. The van der Waals surface area contributed by atoms with Crippen LogP contribution in [0.1, 0.15) is 285 Å². The number of unbranched alkanes of at least 4 members (excludes halogenated alkanes) is 22. The first-order valence-electron chi connectivity index (χ1n) is 36.8. The normalized spacial score (nSPS) is 14.7. The molecule has 5 atom stereocenters. The van der Waals surface area contributed by atoms with Gasteiger partial charge in [0.1, 0.15) is 19.3 Å². The molecule has 0 aliphatic carbocycles. The quantitative estimate of drug-likeness (QED) is 0.0169. The number of aliphatic hydroxyl groups excluding tert-OH is 1. The maximum atomic E-state index is 13.0. The monoisotopic (exact) mass is 1390 g/mol. The zero-order valence-electron chi connectivity index (χ0n) is 59.8. The molecule has 0 spiro atoms. The Morgan fingerprint density at radius 1 is 0.302 bits per heavy atom. The lowest BCUT2D eigenvalue weighted by atomic mass is 10.1. The topological polar surface area (TPSA) is 237 Å². The van der Waals surface area contributed by atoms with E-state index in [9.17, 15) is 43.2 Å². The molecule has 0 amide bonds. The number of aliphatic hydroxyl groups is 1. The molecule has 0 heterocycles. The third-order valence-corrected chi connectivity index (χ3v) is 16.8. The number of esters is 4. The summed E-state index contributed by atoms with van der Waals surface area (Å²) in [6.45, 7) is 4.50. The van der Waals surface area contributed by atoms with Gasteiger partial charge in [0.05, 0.1) is 26.4 Å². The Morgan fingerprint density at radius 2 is 0.594 bits per heavy atom. The fourth-order valence-corrected chi connectivity index (χ4v) is 10.8. The van der Waals surface area contributed by atoms with Crippen molar-refractivity contribution in [1.82, 2.24) is 0 Å². The van der Waals surface area contributed by atoms with Crippen LogP contribution in [0.3, 0.4) is 0 Å². The van der Waals surface area contributed by atoms with E-state index in [2.05, 4.69) is 131 Å². The van der Waals surface area contributed by atoms with E-state index in [1.165, 1.54) is 38.5 Å². The highest BCUT2D eigenvalue weighted by Crippen LogP contribution is 2.45. The van der Waals surface area contributed by atoms with Crippen molar-refractivity contribution in [3.05, 3.63) is 122 Å². The summed E-state index contributed by atoms with van der Waals surface area (Å²) in [4.78, 5) is 72.6. The van der Waals surface area contributed by atoms with Crippen molar-refractivity contribution in [1.29, 1.82) is 0 Å². The van der Waals surface area contributed by atoms with Crippen molar-refractivity contribution in [3.63, 3.8) is 0 Å². The van der Waals surface area contributed by atoms with Crippen LogP contribution in [0.5, 0.6) is 0 Å². The van der Waals surface area contributed by atoms with E-state index in [0.717, 1.165) is 161 Å². The molecule has 17 nitrogen and oxygen atoms in total. The second-order valence-electron chi connectivity index (χ2n) is 24.1. The highest BCUT2D eigenvalue weighted by atomic mass is 31.2. The van der Waals surface area contributed by atoms with E-state index in [1.807, 2.05) is 18.2 Å². The van der Waals surface area contributed by atoms with E-state index in [4.69, 9.17) is 37.0 Å². The highest BCUT2D eigenvalue weighted by molar-refractivity contribution is 7.47. The van der Waals surface area contributed by atoms with Gasteiger partial charge in [-0.2, -0.15) is 0 Å². The van der Waals surface area contributed by atoms with Crippen molar-refractivity contribution >= 4 is 39.5 Å². The number of allylic oxidation sites excluding steroid dienone is 20. The Bertz CT molecular complexity index is 2300. The Kier molecular flexibility index (Phi) is 65.7. The average Bonchev–Trinajstić information content (AvgIpc) is 1.17. The molecule has 0 aromatic heterocycles. The molecule has 5 unspecified atom stereocenters. The van der Waals surface area contributed by atoms with E-state index in [0.29, 0.717) is 32.1 Å². The van der Waals surface area contributed by atoms with E-state index in [-0.39, 0.29) is 25.7 Å². The number of hydrogen-bond acceptors (Lipinski definition) is 15. The van der Waals surface area contributed by atoms with Crippen molar-refractivity contribution in [2.75, 3.05) is 39.6 Å². The molecule has 0 aromatic carbocycles. The maximum Gasteiger partial charge on any atom is 0.472 e. The Balaban J connectivity index is 5.40. The van der Waals surface area contributed by atoms with Crippen molar-refractivity contribution in [2.24, 2.45) is 0 Å². The van der Waals surface area contributed by atoms with Crippen LogP contribution in [0.2, 0.25) is 0 Å². The molecule has 0 aliphatic rings. The third kappa shape index (κ3) is 68.0. The second kappa shape index (κ2) is 69.0. The minimum absolute atomic E-state index is 0.0306. The molecule has 0 saturated heterocycles. The smallest absolute Gasteiger partial charge is 0.462 e. The van der Waals surface area contributed by atoms with Crippen LogP contribution in [-0.2, 0) is 65.4 Å². The van der Waals surface area contributed by atoms with Gasteiger partial charge in [-0.05, 0) is 135 Å². The standard InChI is InChI=1S/C77H130O17P2/c1-5-9-13-17-21-25-29-32-33-34-35-36-37-40-43-46-50-54-58-62-75(80)88-68-73(94-77(82)64-60-56-52-48-44-39-31-27-23-19-15-11-7-3)70-92-96(85,86)90-66-71(78)65-89-95(83,84)91-69-72(93-76(81)63-59-55-51-47-41-28-24-20-16-12-8-4)67-87-74(79)61-57-53-49-45-42-38-30-26-22-18-14-10-6-2/h9,13,15,19-21,24-27,30-33,35-36,40,43,50,54,71-73,78H,5-8,10-12,14,16-18,22-23,28-29,34,37-39,41-42,44-49,51-53,55-70H2,1-4H3,(H,83,84)(H,85,86)/b13-9-,19-15-,24-20-,25-21-,30-26-,31-27-,33-32-,36-35-,43-40-,54-50-. The highest BCUT2D eigenvalue weighted by Gasteiger charge is 2.30. The minimum atomic E-state index is -4.99. The van der Waals surface area contributed by atoms with Gasteiger partial charge in [0.25, 0.3) is 0 Å². The summed E-state index contributed by atoms with van der Waals surface area (Å²) in [5.74, 6) is -2.31. The number of ether oxygens (including phenoxy) is 4. The summed E-state index contributed by atoms with van der Waals surface area (Å²) in [5.41, 5.74) is 0. The molecule has 0 bridgehead atoms. The van der Waals surface area contributed by atoms with E-state index >= 15 is 0 Å². The third-order valence-electron chi connectivity index (χ3n) is 14.9. The predicted octanol–water partition coefficient (Wildman–Crippen LogP) is 20.8. The summed E-state index contributed by atoms with van der Waals surface area (Å²) >= 11 is 0. The van der Waals surface area contributed by atoms with Crippen LogP contribution < -0.4 is 0 Å². The molecule has 3 N–H and O–H groups in total. The lowest BCUT2D eigenvalue weighted by molar-refractivity contribution is -0.161. The van der Waals surface area contributed by atoms with Crippen LogP contribution in [0.4, 0.5) is 0 Å². The first kappa shape index (κ1) is 91.5. The van der Waals surface area contributed by atoms with Gasteiger partial charge in [-0.3, -0.25) is 37.3 Å². The summed E-state index contributed by atoms with van der Waals surface area (Å²) in [7, 11) is -9.97. The molecule has 0 rings (SSSR count). The van der Waals surface area contributed by atoms with Gasteiger partial charge in [-0.25, -0.2) is 9.13 Å². The number of phosphoric ester groups is 2. The SMILES string of the molecule is CC/C=C\C/C=C\C/C=C\C/C=C\C/C=C\C/C=C\CCC(=O)OCC(COP(=O)(O)OCC(O)COP(=O)(O)OCC(COC(=O)CCCCCCC/C=C\CCCCCC)OC(=O)CCCCCCC/C=C\CCCC)OC(=O)CCCCCCC/C=C\C/C=C\CCC. The molecule has 550 valence electrons. The van der Waals surface area contributed by atoms with Crippen LogP contribution in [0, 0.1) is 0 Å². The van der Waals surface area contributed by atoms with Crippen LogP contribution >= 0.6 is 15.6 Å². The van der Waals surface area contributed by atoms with Crippen LogP contribution in [0.15, 0.2) is 122 Å². The van der Waals surface area contributed by atoms with Crippen LogP contribution in [-0.4, -0.2) is 96.7 Å². The summed E-state index contributed by atoms with van der Waals surface area (Å²) in [6.07, 6.45) is 73.7. The summed E-state index contributed by atoms with van der Waals surface area (Å²) < 4.78 is 68.2. The summed E-state index contributed by atoms with van der Waals surface area (Å²) in [5, 5.41) is 10.6. The lowest BCUT2D eigenvalue weighted by Gasteiger charge is -2.21. The largest absolute Gasteiger partial charge is 0.472 e. The summed E-state index contributed by atoms with van der Waals surface area (Å²) in [6, 6.07) is 0. The number of carbonyl (C=O) groups is 4. The van der Waals surface area contributed by atoms with Gasteiger partial charge in [0.2, 0.25) is 0 Å². The van der Waals surface area contributed by atoms with Crippen molar-refractivity contribution < 1.29 is 80.2 Å². The molecule has 0 aliphatic heterocycles. The van der Waals surface area contributed by atoms with Crippen molar-refractivity contribution in [2.45, 2.75) is 303 Å². The molecular formula is C77H130O17P2. The zero-order chi connectivity index (χ0) is 70.4. The molecule has 0 radical (unpaired) electrons. The zero-order valence-corrected chi connectivity index (χ0v) is 61.5. The number of carbonyl (C=O) groups excluding carboxylic acids is 4. The second-order valence-corrected chi connectivity index (χ2v) is 27.0. The van der Waals surface area contributed by atoms with Gasteiger partial charge in [-0.15, -0.1) is 0 Å². The molecule has 0 aromatic rings. The Labute approximate surface area is 581 Å². The van der Waals surface area contributed by atoms with Gasteiger partial charge < -0.3 is 33.8 Å². The van der Waals surface area contributed by atoms with Gasteiger partial charge in [0.15, 0.2) is 12.2 Å². The average molecular weight is 1390 g/mol. The number of phosphoric acid groups is 2. The molecule has 0 fully saturated rings. The first-order chi connectivity index (χ1) is 46.7. The number of hydrogen-bond donors (Lipinski definition) is 3. The van der Waals surface area contributed by atoms with Gasteiger partial charge in [-0.1, -0.05) is 246 Å². The van der Waals surface area contributed by atoms with Crippen LogP contribution in [0.25, 0.3) is 0 Å². The fourth-order valence-electron chi connectivity index (χ4n) is 9.26. The van der Waals surface area contributed by atoms with Gasteiger partial charge in [0, 0.05) is 25.7 Å². The minimum Gasteiger partial charge on any atom is -0.462 e. The fraction of sp³-hybridized carbons (Fsp3) is 0.688. The van der Waals surface area contributed by atoms with E-state index in [1.54, 1.807) is 0 Å². The molecule has 19 heteroatoms. The van der Waals surface area contributed by atoms with Gasteiger partial charge >= 0.3 is 39.5 Å². The molecule has 0 saturated carbocycles. The van der Waals surface area contributed by atoms with Crippen molar-refractivity contribution in [3.8, 4) is 0 Å². The Morgan fingerprint density at radius 3 is 0.979 bits per heavy atom. The first-order valence-corrected chi connectivity index (χ1v) is 39.8. The Hall–Kier alpha value is -4.54.